The Morgan fingerprint density at radius 2 is 1.50 bits per heavy atom. The molecule has 7 heteroatoms. The molecule has 3 heterocycles. The number of para-hydroxylation sites is 1. The second-order valence-electron chi connectivity index (χ2n) is 9.44. The van der Waals surface area contributed by atoms with Crippen LogP contribution in [0.15, 0.2) is 94.9 Å². The van der Waals surface area contributed by atoms with Crippen LogP contribution in [0.5, 0.6) is 0 Å². The number of benzene rings is 2. The Kier molecular flexibility index (Phi) is 8.26. The minimum absolute atomic E-state index is 0.248. The molecule has 38 heavy (non-hydrogen) atoms. The number of aromatic nitrogens is 4. The Balaban J connectivity index is 0.00000164. The maximum atomic E-state index is 13.4. The zero-order valence-electron chi connectivity index (χ0n) is 22.7. The fraction of sp³-hybridized carbons (Fsp3) is 0.258. The first-order valence-electron chi connectivity index (χ1n) is 13.1. The molecule has 3 aromatic heterocycles. The predicted molar refractivity (Wildman–Crippen MR) is 156 cm³/mol. The lowest BCUT2D eigenvalue weighted by Gasteiger charge is -2.13. The van der Waals surface area contributed by atoms with Gasteiger partial charge in [0, 0.05) is 44.4 Å². The number of nitrogens with one attached hydrogen (secondary N) is 1. The zero-order valence-corrected chi connectivity index (χ0v) is 22.7. The van der Waals surface area contributed by atoms with Gasteiger partial charge in [0.25, 0.3) is 5.56 Å². The molecule has 0 unspecified atom stereocenters. The van der Waals surface area contributed by atoms with E-state index in [9.17, 15) is 9.59 Å². The summed E-state index contributed by atoms with van der Waals surface area (Å²) in [6.45, 7) is 9.19. The van der Waals surface area contributed by atoms with Crippen LogP contribution in [-0.2, 0) is 20.1 Å². The van der Waals surface area contributed by atoms with Crippen molar-refractivity contribution in [2.75, 3.05) is 5.32 Å². The van der Waals surface area contributed by atoms with Crippen LogP contribution >= 0.6 is 0 Å². The molecule has 0 bridgehead atoms. The molecular weight excluding hydrogens is 474 g/mol. The van der Waals surface area contributed by atoms with Crippen molar-refractivity contribution >= 4 is 22.4 Å². The van der Waals surface area contributed by atoms with Crippen LogP contribution in [0.4, 0.5) is 11.5 Å². The van der Waals surface area contributed by atoms with E-state index in [1.54, 1.807) is 24.0 Å². The molecule has 0 aliphatic heterocycles. The molecule has 0 saturated heterocycles. The molecule has 196 valence electrons. The van der Waals surface area contributed by atoms with E-state index in [4.69, 9.17) is 0 Å². The van der Waals surface area contributed by atoms with E-state index in [-0.39, 0.29) is 17.2 Å². The van der Waals surface area contributed by atoms with Crippen LogP contribution in [0, 0.1) is 5.92 Å². The molecule has 0 saturated carbocycles. The zero-order chi connectivity index (χ0) is 27.2. The van der Waals surface area contributed by atoms with Crippen LogP contribution in [0.3, 0.4) is 0 Å². The first kappa shape index (κ1) is 26.7. The third kappa shape index (κ3) is 5.47. The maximum Gasteiger partial charge on any atom is 0.331 e. The van der Waals surface area contributed by atoms with E-state index in [0.717, 1.165) is 22.4 Å². The highest BCUT2D eigenvalue weighted by Crippen LogP contribution is 2.28. The fourth-order valence-corrected chi connectivity index (χ4v) is 4.50. The summed E-state index contributed by atoms with van der Waals surface area (Å²) in [6.07, 6.45) is 5.49. The minimum atomic E-state index is -0.305. The molecule has 5 aromatic rings. The molecule has 0 fully saturated rings. The largest absolute Gasteiger partial charge is 0.341 e. The van der Waals surface area contributed by atoms with E-state index >= 15 is 0 Å². The molecule has 2 aromatic carbocycles. The first-order chi connectivity index (χ1) is 18.4. The van der Waals surface area contributed by atoms with E-state index in [1.807, 2.05) is 67.1 Å². The lowest BCUT2D eigenvalue weighted by Crippen LogP contribution is -2.38. The number of rotatable bonds is 7. The summed E-state index contributed by atoms with van der Waals surface area (Å²) in [4.78, 5) is 30.5. The minimum Gasteiger partial charge on any atom is -0.341 e. The molecule has 0 amide bonds. The lowest BCUT2D eigenvalue weighted by atomic mass is 10.1. The molecule has 0 atom stereocenters. The molecule has 0 radical (unpaired) electrons. The SMILES string of the molecule is CC.CC(C)Cn1c(=O)n(C)c(=O)c2c(Nc3ccccc3)n(Cc3ccc(-c4ccncc4)cc3)cc21. The Hall–Kier alpha value is -4.39. The van der Waals surface area contributed by atoms with Crippen molar-refractivity contribution in [2.24, 2.45) is 13.0 Å². The second kappa shape index (κ2) is 11.8. The van der Waals surface area contributed by atoms with Gasteiger partial charge in [0.1, 0.15) is 11.2 Å². The van der Waals surface area contributed by atoms with Gasteiger partial charge in [-0.05, 0) is 46.9 Å². The fourth-order valence-electron chi connectivity index (χ4n) is 4.50. The molecule has 7 nitrogen and oxygen atoms in total. The molecule has 0 aliphatic rings. The third-order valence-electron chi connectivity index (χ3n) is 6.29. The summed E-state index contributed by atoms with van der Waals surface area (Å²) in [5.74, 6) is 0.922. The van der Waals surface area contributed by atoms with Crippen molar-refractivity contribution in [3.05, 3.63) is 112 Å². The Bertz CT molecular complexity index is 1610. The molecular formula is C31H35N5O2. The van der Waals surface area contributed by atoms with Crippen molar-refractivity contribution < 1.29 is 0 Å². The Morgan fingerprint density at radius 1 is 0.868 bits per heavy atom. The summed E-state index contributed by atoms with van der Waals surface area (Å²) in [5, 5.41) is 3.96. The van der Waals surface area contributed by atoms with Gasteiger partial charge in [0.2, 0.25) is 0 Å². The van der Waals surface area contributed by atoms with Gasteiger partial charge in [0.05, 0.1) is 5.52 Å². The second-order valence-corrected chi connectivity index (χ2v) is 9.44. The molecule has 5 rings (SSSR count). The van der Waals surface area contributed by atoms with E-state index in [1.165, 1.54) is 4.57 Å². The number of pyridine rings is 1. The number of anilines is 2. The number of hydrogen-bond donors (Lipinski definition) is 1. The van der Waals surface area contributed by atoms with Gasteiger partial charge < -0.3 is 9.88 Å². The van der Waals surface area contributed by atoms with Gasteiger partial charge in [-0.3, -0.25) is 18.9 Å². The van der Waals surface area contributed by atoms with Crippen LogP contribution in [-0.4, -0.2) is 18.7 Å². The molecule has 0 spiro atoms. The monoisotopic (exact) mass is 509 g/mol. The Morgan fingerprint density at radius 3 is 2.13 bits per heavy atom. The van der Waals surface area contributed by atoms with Gasteiger partial charge in [-0.2, -0.15) is 0 Å². The number of fused-ring (bicyclic) bond motifs is 1. The highest BCUT2D eigenvalue weighted by molar-refractivity contribution is 5.92. The Labute approximate surface area is 223 Å². The normalized spacial score (nSPS) is 10.9. The van der Waals surface area contributed by atoms with E-state index < -0.39 is 0 Å². The third-order valence-corrected chi connectivity index (χ3v) is 6.29. The highest BCUT2D eigenvalue weighted by Gasteiger charge is 2.20. The number of nitrogens with zero attached hydrogens (tertiary/aromatic N) is 4. The maximum absolute atomic E-state index is 13.4. The average Bonchev–Trinajstić information content (AvgIpc) is 3.29. The van der Waals surface area contributed by atoms with E-state index in [2.05, 4.69) is 48.4 Å². The van der Waals surface area contributed by atoms with Gasteiger partial charge in [-0.15, -0.1) is 0 Å². The first-order valence-corrected chi connectivity index (χ1v) is 13.1. The summed E-state index contributed by atoms with van der Waals surface area (Å²) >= 11 is 0. The quantitative estimate of drug-likeness (QED) is 0.290. The van der Waals surface area contributed by atoms with Crippen molar-refractivity contribution in [3.63, 3.8) is 0 Å². The van der Waals surface area contributed by atoms with Crippen molar-refractivity contribution in [1.82, 2.24) is 18.7 Å². The predicted octanol–water partition coefficient (Wildman–Crippen LogP) is 6.04. The summed E-state index contributed by atoms with van der Waals surface area (Å²) < 4.78 is 4.94. The van der Waals surface area contributed by atoms with Crippen molar-refractivity contribution in [1.29, 1.82) is 0 Å². The van der Waals surface area contributed by atoms with Gasteiger partial charge >= 0.3 is 5.69 Å². The van der Waals surface area contributed by atoms with Gasteiger partial charge in [-0.25, -0.2) is 4.79 Å². The number of hydrogen-bond acceptors (Lipinski definition) is 4. The standard InChI is InChI=1S/C29H29N5O2.C2H6/c1-20(2)17-34-25-19-33(18-21-9-11-22(12-10-21)23-13-15-30-16-14-23)27(31-24-7-5-4-6-8-24)26(25)28(35)32(3)29(34)36;1-2/h4-16,19-20,31H,17-18H2,1-3H3;1-2H3. The summed E-state index contributed by atoms with van der Waals surface area (Å²) in [7, 11) is 1.54. The molecule has 0 aliphatic carbocycles. The van der Waals surface area contributed by atoms with Gasteiger partial charge in [-0.1, -0.05) is 70.2 Å². The lowest BCUT2D eigenvalue weighted by molar-refractivity contribution is 0.502. The molecule has 1 N–H and O–H groups in total. The smallest absolute Gasteiger partial charge is 0.331 e. The van der Waals surface area contributed by atoms with E-state index in [0.29, 0.717) is 29.8 Å². The van der Waals surface area contributed by atoms with Crippen LogP contribution in [0.2, 0.25) is 0 Å². The van der Waals surface area contributed by atoms with Crippen LogP contribution in [0.25, 0.3) is 22.0 Å². The van der Waals surface area contributed by atoms with Crippen LogP contribution in [0.1, 0.15) is 33.3 Å². The summed E-state index contributed by atoms with van der Waals surface area (Å²) in [6, 6.07) is 22.1. The topological polar surface area (TPSA) is 73.8 Å². The van der Waals surface area contributed by atoms with Gasteiger partial charge in [0.15, 0.2) is 0 Å². The van der Waals surface area contributed by atoms with Crippen LogP contribution < -0.4 is 16.6 Å². The summed E-state index contributed by atoms with van der Waals surface area (Å²) in [5.41, 5.74) is 4.21. The average molecular weight is 510 g/mol. The van der Waals surface area contributed by atoms with Crippen molar-refractivity contribution in [2.45, 2.75) is 40.8 Å². The highest BCUT2D eigenvalue weighted by atomic mass is 16.2. The van der Waals surface area contributed by atoms with Crippen molar-refractivity contribution in [3.8, 4) is 11.1 Å².